The fraction of sp³-hybridized carbons (Fsp3) is 0.500. The lowest BCUT2D eigenvalue weighted by molar-refractivity contribution is -0.121. The molecule has 1 aromatic heterocycles. The standard InChI is InChI=1S/C24H30FN5O3/c1-4-15-21-18(11-24(2,3)12-19(21)31)30(29-15)13-9-14(25)20(22(26)32)17(10-13)28-16-7-5-6-8-27-23(16)33/h9-10,16,28H,4-8,11-12H2,1-3H3,(H2,26,32)(H,27,33). The average Bonchev–Trinajstić information content (AvgIpc) is 2.97. The third-order valence-electron chi connectivity index (χ3n) is 6.38. The number of rotatable bonds is 5. The quantitative estimate of drug-likeness (QED) is 0.641. The zero-order valence-electron chi connectivity index (χ0n) is 19.3. The first-order chi connectivity index (χ1) is 15.6. The van der Waals surface area contributed by atoms with E-state index < -0.39 is 17.8 Å². The molecule has 2 aromatic rings. The number of carbonyl (C=O) groups excluding carboxylic acids is 3. The summed E-state index contributed by atoms with van der Waals surface area (Å²) in [5.74, 6) is -1.90. The van der Waals surface area contributed by atoms with E-state index in [9.17, 15) is 14.4 Å². The van der Waals surface area contributed by atoms with E-state index in [0.717, 1.165) is 18.5 Å². The Morgan fingerprint density at radius 1 is 1.30 bits per heavy atom. The maximum atomic E-state index is 15.2. The van der Waals surface area contributed by atoms with Gasteiger partial charge < -0.3 is 16.4 Å². The van der Waals surface area contributed by atoms with Crippen molar-refractivity contribution in [2.24, 2.45) is 11.1 Å². The van der Waals surface area contributed by atoms with Gasteiger partial charge in [0.2, 0.25) is 5.91 Å². The van der Waals surface area contributed by atoms with Crippen molar-refractivity contribution >= 4 is 23.3 Å². The number of nitrogens with one attached hydrogen (secondary N) is 2. The number of anilines is 1. The fourth-order valence-corrected chi connectivity index (χ4v) is 4.83. The van der Waals surface area contributed by atoms with Crippen LogP contribution in [0, 0.1) is 11.2 Å². The van der Waals surface area contributed by atoms with Gasteiger partial charge in [-0.1, -0.05) is 20.8 Å². The molecule has 1 aliphatic carbocycles. The van der Waals surface area contributed by atoms with Crippen LogP contribution in [0.3, 0.4) is 0 Å². The molecule has 8 nitrogen and oxygen atoms in total. The summed E-state index contributed by atoms with van der Waals surface area (Å²) in [6.45, 7) is 6.54. The van der Waals surface area contributed by atoms with E-state index in [-0.39, 0.29) is 28.4 Å². The minimum absolute atomic E-state index is 0.0343. The number of halogens is 1. The van der Waals surface area contributed by atoms with Crippen LogP contribution in [0.1, 0.15) is 78.6 Å². The fourth-order valence-electron chi connectivity index (χ4n) is 4.83. The number of amides is 2. The van der Waals surface area contributed by atoms with E-state index >= 15 is 4.39 Å². The van der Waals surface area contributed by atoms with Crippen LogP contribution >= 0.6 is 0 Å². The number of fused-ring (bicyclic) bond motifs is 1. The Kier molecular flexibility index (Phi) is 5.99. The van der Waals surface area contributed by atoms with Gasteiger partial charge in [0.1, 0.15) is 11.9 Å². The maximum Gasteiger partial charge on any atom is 0.253 e. The van der Waals surface area contributed by atoms with Crippen molar-refractivity contribution < 1.29 is 18.8 Å². The van der Waals surface area contributed by atoms with Gasteiger partial charge in [-0.2, -0.15) is 5.10 Å². The second-order valence-corrected chi connectivity index (χ2v) is 9.67. The summed E-state index contributed by atoms with van der Waals surface area (Å²) in [4.78, 5) is 37.4. The van der Waals surface area contributed by atoms with E-state index in [4.69, 9.17) is 5.73 Å². The SMILES string of the molecule is CCc1nn(-c2cc(F)c(C(N)=O)c(NC3CCCCNC3=O)c2)c2c1C(=O)CC(C)(C)C2. The van der Waals surface area contributed by atoms with E-state index in [2.05, 4.69) is 15.7 Å². The van der Waals surface area contributed by atoms with Crippen LogP contribution in [0.2, 0.25) is 0 Å². The van der Waals surface area contributed by atoms with Crippen LogP contribution < -0.4 is 16.4 Å². The summed E-state index contributed by atoms with van der Waals surface area (Å²) in [7, 11) is 0. The minimum atomic E-state index is -0.927. The normalized spacial score (nSPS) is 20.1. The lowest BCUT2D eigenvalue weighted by Gasteiger charge is -2.29. The van der Waals surface area contributed by atoms with Gasteiger partial charge in [0.25, 0.3) is 5.91 Å². The average molecular weight is 456 g/mol. The number of nitrogens with zero attached hydrogens (tertiary/aromatic N) is 2. The van der Waals surface area contributed by atoms with E-state index in [1.54, 1.807) is 10.7 Å². The van der Waals surface area contributed by atoms with Crippen LogP contribution in [-0.4, -0.2) is 40.0 Å². The lowest BCUT2D eigenvalue weighted by Crippen LogP contribution is -2.38. The number of primary amides is 1. The molecule has 176 valence electrons. The van der Waals surface area contributed by atoms with E-state index in [0.29, 0.717) is 49.2 Å². The number of hydrogen-bond donors (Lipinski definition) is 3. The van der Waals surface area contributed by atoms with Gasteiger partial charge in [-0.15, -0.1) is 0 Å². The van der Waals surface area contributed by atoms with Gasteiger partial charge in [0.15, 0.2) is 5.78 Å². The Balaban J connectivity index is 1.84. The highest BCUT2D eigenvalue weighted by atomic mass is 19.1. The zero-order valence-corrected chi connectivity index (χ0v) is 19.3. The van der Waals surface area contributed by atoms with Gasteiger partial charge in [0, 0.05) is 19.0 Å². The molecular formula is C24H30FN5O3. The summed E-state index contributed by atoms with van der Waals surface area (Å²) in [5.41, 5.74) is 7.45. The van der Waals surface area contributed by atoms with Gasteiger partial charge >= 0.3 is 0 Å². The molecule has 33 heavy (non-hydrogen) atoms. The highest BCUT2D eigenvalue weighted by molar-refractivity contribution is 6.01. The number of benzene rings is 1. The number of hydrogen-bond acceptors (Lipinski definition) is 5. The van der Waals surface area contributed by atoms with E-state index in [1.807, 2.05) is 20.8 Å². The summed E-state index contributed by atoms with van der Waals surface area (Å²) < 4.78 is 16.8. The molecule has 2 heterocycles. The van der Waals surface area contributed by atoms with Gasteiger partial charge in [-0.3, -0.25) is 14.4 Å². The van der Waals surface area contributed by atoms with Crippen molar-refractivity contribution in [2.75, 3.05) is 11.9 Å². The third-order valence-corrected chi connectivity index (χ3v) is 6.38. The topological polar surface area (TPSA) is 119 Å². The molecule has 2 aliphatic rings. The summed E-state index contributed by atoms with van der Waals surface area (Å²) >= 11 is 0. The molecule has 1 aromatic carbocycles. The van der Waals surface area contributed by atoms with Crippen LogP contribution in [0.25, 0.3) is 5.69 Å². The van der Waals surface area contributed by atoms with E-state index in [1.165, 1.54) is 6.07 Å². The predicted octanol–water partition coefficient (Wildman–Crippen LogP) is 2.91. The number of nitrogens with two attached hydrogens (primary N) is 1. The first kappa shape index (κ1) is 22.9. The number of ketones is 1. The molecule has 2 amide bonds. The minimum Gasteiger partial charge on any atom is -0.373 e. The molecule has 1 aliphatic heterocycles. The van der Waals surface area contributed by atoms with Crippen molar-refractivity contribution in [2.45, 2.75) is 65.3 Å². The van der Waals surface area contributed by atoms with Crippen LogP contribution in [0.5, 0.6) is 0 Å². The monoisotopic (exact) mass is 455 g/mol. The molecule has 9 heteroatoms. The lowest BCUT2D eigenvalue weighted by atomic mass is 9.75. The highest BCUT2D eigenvalue weighted by Gasteiger charge is 2.36. The second-order valence-electron chi connectivity index (χ2n) is 9.67. The van der Waals surface area contributed by atoms with Crippen LogP contribution in [0.4, 0.5) is 10.1 Å². The molecule has 1 atom stereocenters. The van der Waals surface area contributed by atoms with Crippen molar-refractivity contribution in [1.82, 2.24) is 15.1 Å². The van der Waals surface area contributed by atoms with Gasteiger partial charge in [-0.25, -0.2) is 9.07 Å². The largest absolute Gasteiger partial charge is 0.373 e. The number of aryl methyl sites for hydroxylation is 1. The first-order valence-electron chi connectivity index (χ1n) is 11.4. The van der Waals surface area contributed by atoms with Crippen molar-refractivity contribution in [3.8, 4) is 5.69 Å². The molecule has 0 spiro atoms. The molecule has 4 rings (SSSR count). The molecule has 0 radical (unpaired) electrons. The van der Waals surface area contributed by atoms with Crippen LogP contribution in [0.15, 0.2) is 12.1 Å². The predicted molar refractivity (Wildman–Crippen MR) is 122 cm³/mol. The first-order valence-corrected chi connectivity index (χ1v) is 11.4. The Labute approximate surface area is 192 Å². The molecule has 0 bridgehead atoms. The molecule has 1 fully saturated rings. The van der Waals surface area contributed by atoms with Crippen molar-refractivity contribution in [3.05, 3.63) is 40.5 Å². The highest BCUT2D eigenvalue weighted by Crippen LogP contribution is 2.38. The second kappa shape index (κ2) is 8.61. The molecule has 4 N–H and O–H groups in total. The summed E-state index contributed by atoms with van der Waals surface area (Å²) in [6, 6.07) is 2.18. The number of aromatic nitrogens is 2. The molecule has 0 saturated carbocycles. The van der Waals surface area contributed by atoms with Crippen molar-refractivity contribution in [3.63, 3.8) is 0 Å². The maximum absolute atomic E-state index is 15.2. The Morgan fingerprint density at radius 3 is 2.76 bits per heavy atom. The van der Waals surface area contributed by atoms with Gasteiger partial charge in [-0.05, 0) is 43.6 Å². The smallest absolute Gasteiger partial charge is 0.253 e. The Bertz CT molecular complexity index is 1140. The van der Waals surface area contributed by atoms with Gasteiger partial charge in [0.05, 0.1) is 33.9 Å². The third kappa shape index (κ3) is 4.36. The van der Waals surface area contributed by atoms with Crippen molar-refractivity contribution in [1.29, 1.82) is 0 Å². The Hall–Kier alpha value is -3.23. The Morgan fingerprint density at radius 2 is 2.06 bits per heavy atom. The number of carbonyl (C=O) groups is 3. The summed E-state index contributed by atoms with van der Waals surface area (Å²) in [6.07, 6.45) is 3.82. The van der Waals surface area contributed by atoms with Crippen LogP contribution in [-0.2, 0) is 17.6 Å². The zero-order chi connectivity index (χ0) is 23.9. The number of Topliss-reactive ketones (excluding diaryl/α,β-unsaturated/α-hetero) is 1. The molecular weight excluding hydrogens is 425 g/mol. The molecule has 1 unspecified atom stereocenters. The summed E-state index contributed by atoms with van der Waals surface area (Å²) in [5, 5.41) is 10.5. The molecule has 1 saturated heterocycles.